The van der Waals surface area contributed by atoms with Crippen molar-refractivity contribution in [3.8, 4) is 0 Å². The SMILES string of the molecule is O=C(O)C1CCC(NS(=O)(=O)c2c(Cl)ccc(F)c2F)CC1. The molecule has 0 spiro atoms. The van der Waals surface area contributed by atoms with E-state index in [0.29, 0.717) is 25.7 Å². The summed E-state index contributed by atoms with van der Waals surface area (Å²) in [6.07, 6.45) is 1.26. The molecule has 1 fully saturated rings. The number of sulfonamides is 1. The maximum atomic E-state index is 13.7. The molecule has 2 N–H and O–H groups in total. The number of halogens is 3. The van der Waals surface area contributed by atoms with Crippen molar-refractivity contribution in [2.45, 2.75) is 36.6 Å². The molecule has 122 valence electrons. The molecule has 0 heterocycles. The van der Waals surface area contributed by atoms with E-state index in [-0.39, 0.29) is 0 Å². The summed E-state index contributed by atoms with van der Waals surface area (Å²) in [5.41, 5.74) is 0. The van der Waals surface area contributed by atoms with Crippen LogP contribution in [0.15, 0.2) is 17.0 Å². The molecule has 22 heavy (non-hydrogen) atoms. The summed E-state index contributed by atoms with van der Waals surface area (Å²) in [4.78, 5) is 9.93. The zero-order valence-electron chi connectivity index (χ0n) is 11.4. The smallest absolute Gasteiger partial charge is 0.306 e. The number of carboxylic acids is 1. The summed E-state index contributed by atoms with van der Waals surface area (Å²) in [6, 6.07) is 1.18. The Morgan fingerprint density at radius 3 is 2.36 bits per heavy atom. The Balaban J connectivity index is 2.17. The molecule has 0 aromatic heterocycles. The monoisotopic (exact) mass is 353 g/mol. The molecule has 2 rings (SSSR count). The summed E-state index contributed by atoms with van der Waals surface area (Å²) in [5.74, 6) is -4.26. The molecule has 0 saturated heterocycles. The van der Waals surface area contributed by atoms with Crippen molar-refractivity contribution in [3.63, 3.8) is 0 Å². The van der Waals surface area contributed by atoms with Gasteiger partial charge in [0.2, 0.25) is 10.0 Å². The predicted octanol–water partition coefficient (Wildman–Crippen LogP) is 2.54. The van der Waals surface area contributed by atoms with Gasteiger partial charge in [0.25, 0.3) is 0 Å². The highest BCUT2D eigenvalue weighted by atomic mass is 35.5. The van der Waals surface area contributed by atoms with Crippen molar-refractivity contribution in [2.75, 3.05) is 0 Å². The van der Waals surface area contributed by atoms with Gasteiger partial charge in [-0.05, 0) is 37.8 Å². The Kier molecular flexibility index (Phi) is 5.03. The number of aliphatic carboxylic acids is 1. The maximum Gasteiger partial charge on any atom is 0.306 e. The molecule has 0 unspecified atom stereocenters. The molecule has 9 heteroatoms. The van der Waals surface area contributed by atoms with Crippen LogP contribution in [0.1, 0.15) is 25.7 Å². The van der Waals surface area contributed by atoms with E-state index in [9.17, 15) is 22.0 Å². The Morgan fingerprint density at radius 2 is 1.82 bits per heavy atom. The van der Waals surface area contributed by atoms with E-state index in [4.69, 9.17) is 16.7 Å². The second kappa shape index (κ2) is 6.47. The fourth-order valence-electron chi connectivity index (χ4n) is 2.49. The fraction of sp³-hybridized carbons (Fsp3) is 0.462. The van der Waals surface area contributed by atoms with Crippen LogP contribution >= 0.6 is 11.6 Å². The molecule has 0 amide bonds. The molecular formula is C13H14ClF2NO4S. The van der Waals surface area contributed by atoms with Crippen molar-refractivity contribution in [2.24, 2.45) is 5.92 Å². The minimum Gasteiger partial charge on any atom is -0.481 e. The lowest BCUT2D eigenvalue weighted by Crippen LogP contribution is -2.39. The van der Waals surface area contributed by atoms with E-state index in [1.807, 2.05) is 0 Å². The van der Waals surface area contributed by atoms with Gasteiger partial charge < -0.3 is 5.11 Å². The highest BCUT2D eigenvalue weighted by molar-refractivity contribution is 7.89. The first kappa shape index (κ1) is 17.1. The number of carbonyl (C=O) groups is 1. The van der Waals surface area contributed by atoms with Gasteiger partial charge in [-0.1, -0.05) is 11.6 Å². The predicted molar refractivity (Wildman–Crippen MR) is 75.1 cm³/mol. The molecule has 0 atom stereocenters. The molecule has 1 aliphatic rings. The molecule has 1 saturated carbocycles. The lowest BCUT2D eigenvalue weighted by atomic mass is 9.87. The first-order valence-electron chi connectivity index (χ1n) is 6.61. The zero-order chi connectivity index (χ0) is 16.5. The second-order valence-electron chi connectivity index (χ2n) is 5.18. The van der Waals surface area contributed by atoms with Gasteiger partial charge >= 0.3 is 5.97 Å². The molecule has 0 bridgehead atoms. The lowest BCUT2D eigenvalue weighted by molar-refractivity contribution is -0.142. The van der Waals surface area contributed by atoms with Crippen LogP contribution in [0.2, 0.25) is 5.02 Å². The quantitative estimate of drug-likeness (QED) is 0.815. The number of nitrogens with one attached hydrogen (secondary N) is 1. The van der Waals surface area contributed by atoms with E-state index in [0.717, 1.165) is 12.1 Å². The number of hydrogen-bond donors (Lipinski definition) is 2. The highest BCUT2D eigenvalue weighted by Crippen LogP contribution is 2.29. The first-order chi connectivity index (χ1) is 10.2. The molecule has 5 nitrogen and oxygen atoms in total. The van der Waals surface area contributed by atoms with E-state index in [1.54, 1.807) is 0 Å². The Hall–Kier alpha value is -1.25. The van der Waals surface area contributed by atoms with Gasteiger partial charge in [0.1, 0.15) is 4.90 Å². The van der Waals surface area contributed by atoms with Gasteiger partial charge in [-0.15, -0.1) is 0 Å². The largest absolute Gasteiger partial charge is 0.481 e. The van der Waals surface area contributed by atoms with Gasteiger partial charge in [-0.3, -0.25) is 4.79 Å². The molecule has 1 aliphatic carbocycles. The molecule has 1 aromatic rings. The summed E-state index contributed by atoms with van der Waals surface area (Å²) in [6.45, 7) is 0. The van der Waals surface area contributed by atoms with Crippen molar-refractivity contribution in [1.82, 2.24) is 4.72 Å². The van der Waals surface area contributed by atoms with E-state index in [1.165, 1.54) is 0 Å². The van der Waals surface area contributed by atoms with E-state index in [2.05, 4.69) is 4.72 Å². The second-order valence-corrected chi connectivity index (χ2v) is 7.24. The maximum absolute atomic E-state index is 13.7. The van der Waals surface area contributed by atoms with E-state index < -0.39 is 49.5 Å². The van der Waals surface area contributed by atoms with Crippen LogP contribution in [-0.4, -0.2) is 25.5 Å². The van der Waals surface area contributed by atoms with Gasteiger partial charge in [0, 0.05) is 6.04 Å². The normalized spacial score (nSPS) is 22.5. The van der Waals surface area contributed by atoms with Crippen LogP contribution in [-0.2, 0) is 14.8 Å². The molecule has 0 aliphatic heterocycles. The minimum atomic E-state index is -4.33. The summed E-state index contributed by atoms with van der Waals surface area (Å²) in [5, 5.41) is 8.48. The van der Waals surface area contributed by atoms with Crippen LogP contribution < -0.4 is 4.72 Å². The number of carboxylic acid groups (broad SMARTS) is 1. The third-order valence-corrected chi connectivity index (χ3v) is 5.68. The average Bonchev–Trinajstić information content (AvgIpc) is 2.43. The summed E-state index contributed by atoms with van der Waals surface area (Å²) in [7, 11) is -4.33. The summed E-state index contributed by atoms with van der Waals surface area (Å²) >= 11 is 5.66. The topological polar surface area (TPSA) is 83.5 Å². The average molecular weight is 354 g/mol. The van der Waals surface area contributed by atoms with Crippen LogP contribution in [0.3, 0.4) is 0 Å². The van der Waals surface area contributed by atoms with Gasteiger partial charge in [0.05, 0.1) is 10.9 Å². The minimum absolute atomic E-state index is 0.310. The van der Waals surface area contributed by atoms with Crippen LogP contribution in [0.5, 0.6) is 0 Å². The van der Waals surface area contributed by atoms with E-state index >= 15 is 0 Å². The molecule has 0 radical (unpaired) electrons. The fourth-order valence-corrected chi connectivity index (χ4v) is 4.39. The van der Waals surface area contributed by atoms with Crippen molar-refractivity contribution < 1.29 is 27.1 Å². The van der Waals surface area contributed by atoms with Gasteiger partial charge in [-0.25, -0.2) is 21.9 Å². The standard InChI is InChI=1S/C13H14ClF2NO4S/c14-9-5-6-10(15)11(16)12(9)22(20,21)17-8-3-1-7(2-4-8)13(18)19/h5-8,17H,1-4H2,(H,18,19). The van der Waals surface area contributed by atoms with Crippen LogP contribution in [0.4, 0.5) is 8.78 Å². The van der Waals surface area contributed by atoms with Crippen molar-refractivity contribution in [3.05, 3.63) is 28.8 Å². The van der Waals surface area contributed by atoms with Gasteiger partial charge in [0.15, 0.2) is 11.6 Å². The van der Waals surface area contributed by atoms with Crippen molar-refractivity contribution >= 4 is 27.6 Å². The molecule has 1 aromatic carbocycles. The number of rotatable bonds is 4. The number of hydrogen-bond acceptors (Lipinski definition) is 3. The molecular weight excluding hydrogens is 340 g/mol. The third-order valence-electron chi connectivity index (χ3n) is 3.67. The van der Waals surface area contributed by atoms with Crippen LogP contribution in [0.25, 0.3) is 0 Å². The Labute approximate surface area is 131 Å². The lowest BCUT2D eigenvalue weighted by Gasteiger charge is -2.26. The Bertz CT molecular complexity index is 688. The summed E-state index contributed by atoms with van der Waals surface area (Å²) < 4.78 is 53.6. The third kappa shape index (κ3) is 3.56. The number of benzene rings is 1. The highest BCUT2D eigenvalue weighted by Gasteiger charge is 2.31. The first-order valence-corrected chi connectivity index (χ1v) is 8.47. The zero-order valence-corrected chi connectivity index (χ0v) is 12.9. The van der Waals surface area contributed by atoms with Gasteiger partial charge in [-0.2, -0.15) is 0 Å². The van der Waals surface area contributed by atoms with Crippen molar-refractivity contribution in [1.29, 1.82) is 0 Å². The Morgan fingerprint density at radius 1 is 1.23 bits per heavy atom. The van der Waals surface area contributed by atoms with Crippen LogP contribution in [0, 0.1) is 17.6 Å².